The minimum atomic E-state index is -4.58. The molecule has 0 aromatic carbocycles. The lowest BCUT2D eigenvalue weighted by Gasteiger charge is -2.08. The van der Waals surface area contributed by atoms with Gasteiger partial charge >= 0.3 is 12.1 Å². The Kier molecular flexibility index (Phi) is 5.19. The molecular weight excluding hydrogens is 283 g/mol. The van der Waals surface area contributed by atoms with Crippen molar-refractivity contribution in [3.63, 3.8) is 0 Å². The second kappa shape index (κ2) is 6.43. The Bertz CT molecular complexity index is 532. The molecule has 0 saturated carbocycles. The van der Waals surface area contributed by atoms with Crippen LogP contribution in [-0.2, 0) is 15.7 Å². The van der Waals surface area contributed by atoms with Gasteiger partial charge in [0, 0.05) is 11.8 Å². The summed E-state index contributed by atoms with van der Waals surface area (Å²) in [5, 5.41) is -0.103. The highest BCUT2D eigenvalue weighted by Crippen LogP contribution is 2.31. The van der Waals surface area contributed by atoms with Gasteiger partial charge in [0.2, 0.25) is 0 Å². The molecule has 0 atom stereocenters. The minimum Gasteiger partial charge on any atom is -0.465 e. The Morgan fingerprint density at radius 3 is 2.79 bits per heavy atom. The Morgan fingerprint density at radius 1 is 1.53 bits per heavy atom. The molecule has 0 bridgehead atoms. The highest BCUT2D eigenvalue weighted by molar-refractivity contribution is 6.29. The number of aromatic nitrogens is 1. The molecule has 0 aliphatic heterocycles. The van der Waals surface area contributed by atoms with E-state index in [4.69, 9.17) is 11.6 Å². The third-order valence-corrected chi connectivity index (χ3v) is 2.14. The molecule has 7 heteroatoms. The summed E-state index contributed by atoms with van der Waals surface area (Å²) >= 11 is 5.52. The van der Waals surface area contributed by atoms with Crippen LogP contribution in [0.4, 0.5) is 13.2 Å². The summed E-state index contributed by atoms with van der Waals surface area (Å²) in [5.74, 6) is 3.98. The zero-order chi connectivity index (χ0) is 14.5. The molecule has 0 aliphatic carbocycles. The zero-order valence-corrected chi connectivity index (χ0v) is 10.6. The molecule has 1 aromatic heterocycles. The van der Waals surface area contributed by atoms with E-state index in [1.165, 1.54) is 0 Å². The van der Waals surface area contributed by atoms with Crippen LogP contribution in [0.15, 0.2) is 12.3 Å². The molecule has 0 spiro atoms. The first-order valence-corrected chi connectivity index (χ1v) is 5.59. The van der Waals surface area contributed by atoms with Crippen molar-refractivity contribution in [1.82, 2.24) is 4.98 Å². The van der Waals surface area contributed by atoms with E-state index >= 15 is 0 Å². The van der Waals surface area contributed by atoms with E-state index < -0.39 is 17.7 Å². The Morgan fingerprint density at radius 2 is 2.21 bits per heavy atom. The van der Waals surface area contributed by atoms with Crippen LogP contribution in [0.3, 0.4) is 0 Å². The average Bonchev–Trinajstić information content (AvgIpc) is 2.27. The quantitative estimate of drug-likeness (QED) is 0.477. The molecule has 0 fully saturated rings. The monoisotopic (exact) mass is 291 g/mol. The van der Waals surface area contributed by atoms with Crippen LogP contribution in [0, 0.1) is 11.8 Å². The molecule has 3 nitrogen and oxygen atoms in total. The smallest absolute Gasteiger partial charge is 0.419 e. The number of ether oxygens (including phenoxy) is 1. The van der Waals surface area contributed by atoms with Crippen LogP contribution in [0.1, 0.15) is 24.5 Å². The number of halogens is 4. The van der Waals surface area contributed by atoms with Gasteiger partial charge < -0.3 is 4.74 Å². The minimum absolute atomic E-state index is 0.103. The fourth-order valence-electron chi connectivity index (χ4n) is 1.18. The normalized spacial score (nSPS) is 10.6. The number of hydrogen-bond donors (Lipinski definition) is 0. The van der Waals surface area contributed by atoms with Gasteiger partial charge in [0.1, 0.15) is 11.6 Å². The summed E-state index contributed by atoms with van der Waals surface area (Å²) in [5.41, 5.74) is -1.31. The molecule has 0 amide bonds. The van der Waals surface area contributed by atoms with E-state index in [-0.39, 0.29) is 23.7 Å². The largest absolute Gasteiger partial charge is 0.465 e. The fraction of sp³-hybridized carbons (Fsp3) is 0.333. The Balaban J connectivity index is 2.97. The van der Waals surface area contributed by atoms with Gasteiger partial charge in [-0.3, -0.25) is 4.79 Å². The predicted octanol–water partition coefficient (Wildman–Crippen LogP) is 3.06. The SMILES string of the molecule is CCOC(=O)CC#Cc1cc(Cl)ncc1C(F)(F)F. The summed E-state index contributed by atoms with van der Waals surface area (Å²) < 4.78 is 42.5. The van der Waals surface area contributed by atoms with Gasteiger partial charge in [0.25, 0.3) is 0 Å². The van der Waals surface area contributed by atoms with E-state index in [0.29, 0.717) is 6.20 Å². The van der Waals surface area contributed by atoms with Gasteiger partial charge in [-0.15, -0.1) is 0 Å². The van der Waals surface area contributed by atoms with Crippen LogP contribution >= 0.6 is 11.6 Å². The molecular formula is C12H9ClF3NO2. The molecule has 1 aromatic rings. The lowest BCUT2D eigenvalue weighted by atomic mass is 10.1. The van der Waals surface area contributed by atoms with Crippen LogP contribution < -0.4 is 0 Å². The summed E-state index contributed by atoms with van der Waals surface area (Å²) in [6, 6.07) is 1.00. The third kappa shape index (κ3) is 4.79. The molecule has 0 N–H and O–H groups in total. The average molecular weight is 292 g/mol. The lowest BCUT2D eigenvalue weighted by Crippen LogP contribution is -2.08. The second-order valence-corrected chi connectivity index (χ2v) is 3.72. The highest BCUT2D eigenvalue weighted by atomic mass is 35.5. The van der Waals surface area contributed by atoms with Crippen LogP contribution in [0.5, 0.6) is 0 Å². The van der Waals surface area contributed by atoms with Crippen molar-refractivity contribution >= 4 is 17.6 Å². The molecule has 1 heterocycles. The third-order valence-electron chi connectivity index (χ3n) is 1.94. The second-order valence-electron chi connectivity index (χ2n) is 3.33. The number of carbonyl (C=O) groups is 1. The molecule has 0 saturated heterocycles. The molecule has 19 heavy (non-hydrogen) atoms. The summed E-state index contributed by atoms with van der Waals surface area (Å²) in [4.78, 5) is 14.4. The predicted molar refractivity (Wildman–Crippen MR) is 62.4 cm³/mol. The number of nitrogens with zero attached hydrogens (tertiary/aromatic N) is 1. The van der Waals surface area contributed by atoms with Crippen molar-refractivity contribution in [2.45, 2.75) is 19.5 Å². The van der Waals surface area contributed by atoms with E-state index in [0.717, 1.165) is 6.07 Å². The van der Waals surface area contributed by atoms with Gasteiger partial charge in [0.15, 0.2) is 0 Å². The number of pyridine rings is 1. The summed E-state index contributed by atoms with van der Waals surface area (Å²) in [7, 11) is 0. The Hall–Kier alpha value is -1.74. The Labute approximate surface area is 112 Å². The summed E-state index contributed by atoms with van der Waals surface area (Å²) in [6.45, 7) is 1.81. The van der Waals surface area contributed by atoms with Crippen LogP contribution in [-0.4, -0.2) is 17.6 Å². The molecule has 1 rings (SSSR count). The lowest BCUT2D eigenvalue weighted by molar-refractivity contribution is -0.141. The van der Waals surface area contributed by atoms with Crippen molar-refractivity contribution in [1.29, 1.82) is 0 Å². The van der Waals surface area contributed by atoms with E-state index in [9.17, 15) is 18.0 Å². The van der Waals surface area contributed by atoms with Crippen molar-refractivity contribution in [2.75, 3.05) is 6.61 Å². The number of hydrogen-bond acceptors (Lipinski definition) is 3. The maximum absolute atomic E-state index is 12.6. The number of rotatable bonds is 2. The van der Waals surface area contributed by atoms with Gasteiger partial charge in [-0.2, -0.15) is 13.2 Å². The topological polar surface area (TPSA) is 39.2 Å². The van der Waals surface area contributed by atoms with Crippen molar-refractivity contribution < 1.29 is 22.7 Å². The maximum Gasteiger partial charge on any atom is 0.419 e. The zero-order valence-electron chi connectivity index (χ0n) is 9.84. The van der Waals surface area contributed by atoms with Gasteiger partial charge in [-0.05, 0) is 13.0 Å². The highest BCUT2D eigenvalue weighted by Gasteiger charge is 2.33. The first-order valence-electron chi connectivity index (χ1n) is 5.21. The van der Waals surface area contributed by atoms with E-state index in [1.54, 1.807) is 6.92 Å². The molecule has 0 radical (unpaired) electrons. The standard InChI is InChI=1S/C12H9ClF3NO2/c1-2-19-11(18)5-3-4-8-6-10(13)17-7-9(8)12(14,15)16/h6-7H,2,5H2,1H3. The molecule has 0 unspecified atom stereocenters. The van der Waals surface area contributed by atoms with Gasteiger partial charge in [-0.1, -0.05) is 23.4 Å². The number of esters is 1. The number of alkyl halides is 3. The van der Waals surface area contributed by atoms with Crippen LogP contribution in [0.2, 0.25) is 5.15 Å². The molecule has 102 valence electrons. The first-order chi connectivity index (χ1) is 8.84. The van der Waals surface area contributed by atoms with Crippen molar-refractivity contribution in [2.24, 2.45) is 0 Å². The van der Waals surface area contributed by atoms with Gasteiger partial charge in [0.05, 0.1) is 12.2 Å². The van der Waals surface area contributed by atoms with E-state index in [1.807, 2.05) is 0 Å². The van der Waals surface area contributed by atoms with Crippen molar-refractivity contribution in [3.8, 4) is 11.8 Å². The maximum atomic E-state index is 12.6. The first kappa shape index (κ1) is 15.3. The summed E-state index contributed by atoms with van der Waals surface area (Å²) in [6.07, 6.45) is -4.26. The van der Waals surface area contributed by atoms with Crippen molar-refractivity contribution in [3.05, 3.63) is 28.5 Å². The van der Waals surface area contributed by atoms with Gasteiger partial charge in [-0.25, -0.2) is 4.98 Å². The molecule has 0 aliphatic rings. The fourth-order valence-corrected chi connectivity index (χ4v) is 1.34. The van der Waals surface area contributed by atoms with E-state index in [2.05, 4.69) is 21.6 Å². The number of carbonyl (C=O) groups excluding carboxylic acids is 1. The van der Waals surface area contributed by atoms with Crippen LogP contribution in [0.25, 0.3) is 0 Å².